The topological polar surface area (TPSA) is 20.3 Å². The minimum Gasteiger partial charge on any atom is -0.322 e. The minimum atomic E-state index is -0.266. The van der Waals surface area contributed by atoms with Crippen LogP contribution in [0.1, 0.15) is 21.3 Å². The van der Waals surface area contributed by atoms with E-state index in [2.05, 4.69) is 0 Å². The van der Waals surface area contributed by atoms with E-state index in [1.807, 2.05) is 4.90 Å². The van der Waals surface area contributed by atoms with Gasteiger partial charge in [0.2, 0.25) is 0 Å². The Morgan fingerprint density at radius 3 is 2.48 bits per heavy atom. The van der Waals surface area contributed by atoms with Crippen molar-refractivity contribution in [2.24, 2.45) is 0 Å². The van der Waals surface area contributed by atoms with Gasteiger partial charge in [0.1, 0.15) is 11.2 Å². The molecule has 2 aromatic rings. The van der Waals surface area contributed by atoms with E-state index in [9.17, 15) is 9.18 Å². The van der Waals surface area contributed by atoms with Crippen molar-refractivity contribution < 1.29 is 9.18 Å². The summed E-state index contributed by atoms with van der Waals surface area (Å²) in [6.07, 6.45) is 0. The third kappa shape index (κ3) is 3.06. The molecule has 5 heteroatoms. The number of halogens is 2. The van der Waals surface area contributed by atoms with Crippen LogP contribution in [0.25, 0.3) is 0 Å². The molecule has 0 aromatic heterocycles. The smallest absolute Gasteiger partial charge is 0.255 e. The first-order valence-electron chi connectivity index (χ1n) is 6.59. The van der Waals surface area contributed by atoms with Crippen molar-refractivity contribution in [3.05, 3.63) is 70.5 Å². The predicted molar refractivity (Wildman–Crippen MR) is 84.1 cm³/mol. The number of carbonyl (C=O) groups is 1. The standard InChI is InChI=1S/C16H13ClFNOS/c17-13-5-1-11(2-6-13)15(20)19-9-10-21-16(19)12-3-7-14(18)8-4-12/h1-8,16H,9-10H2. The highest BCUT2D eigenvalue weighted by molar-refractivity contribution is 7.99. The normalized spacial score (nSPS) is 18.0. The molecule has 1 heterocycles. The molecule has 108 valence electrons. The molecule has 2 aromatic carbocycles. The number of nitrogens with zero attached hydrogens (tertiary/aromatic N) is 1. The van der Waals surface area contributed by atoms with Crippen LogP contribution in [-0.4, -0.2) is 23.1 Å². The molecule has 1 unspecified atom stereocenters. The molecule has 0 bridgehead atoms. The summed E-state index contributed by atoms with van der Waals surface area (Å²) in [4.78, 5) is 14.4. The van der Waals surface area contributed by atoms with Crippen molar-refractivity contribution in [1.29, 1.82) is 0 Å². The van der Waals surface area contributed by atoms with E-state index in [4.69, 9.17) is 11.6 Å². The summed E-state index contributed by atoms with van der Waals surface area (Å²) in [5, 5.41) is 0.547. The highest BCUT2D eigenvalue weighted by Crippen LogP contribution is 2.38. The molecule has 1 atom stereocenters. The zero-order chi connectivity index (χ0) is 14.8. The molecule has 1 fully saturated rings. The number of carbonyl (C=O) groups excluding carboxylic acids is 1. The lowest BCUT2D eigenvalue weighted by atomic mass is 10.1. The van der Waals surface area contributed by atoms with Gasteiger partial charge in [-0.25, -0.2) is 4.39 Å². The fourth-order valence-electron chi connectivity index (χ4n) is 2.34. The van der Waals surface area contributed by atoms with Crippen molar-refractivity contribution in [2.45, 2.75) is 5.37 Å². The molecule has 1 aliphatic rings. The first kappa shape index (κ1) is 14.4. The number of thioether (sulfide) groups is 1. The molecule has 2 nitrogen and oxygen atoms in total. The molecular weight excluding hydrogens is 309 g/mol. The van der Waals surface area contributed by atoms with Gasteiger partial charge in [-0.15, -0.1) is 11.8 Å². The van der Waals surface area contributed by atoms with E-state index in [0.29, 0.717) is 17.1 Å². The monoisotopic (exact) mass is 321 g/mol. The van der Waals surface area contributed by atoms with Crippen LogP contribution >= 0.6 is 23.4 Å². The van der Waals surface area contributed by atoms with Crippen LogP contribution in [0, 0.1) is 5.82 Å². The first-order valence-corrected chi connectivity index (χ1v) is 8.01. The van der Waals surface area contributed by atoms with E-state index < -0.39 is 0 Å². The molecule has 0 saturated carbocycles. The quantitative estimate of drug-likeness (QED) is 0.818. The molecular formula is C16H13ClFNOS. The van der Waals surface area contributed by atoms with Gasteiger partial charge in [0.05, 0.1) is 0 Å². The van der Waals surface area contributed by atoms with Gasteiger partial charge in [-0.1, -0.05) is 23.7 Å². The molecule has 1 aliphatic heterocycles. The highest BCUT2D eigenvalue weighted by Gasteiger charge is 2.31. The summed E-state index contributed by atoms with van der Waals surface area (Å²) in [5.41, 5.74) is 1.57. The second-order valence-corrected chi connectivity index (χ2v) is 6.40. The van der Waals surface area contributed by atoms with Gasteiger partial charge < -0.3 is 4.90 Å². The van der Waals surface area contributed by atoms with Crippen molar-refractivity contribution in [1.82, 2.24) is 4.90 Å². The van der Waals surface area contributed by atoms with Crippen LogP contribution in [-0.2, 0) is 0 Å². The maximum Gasteiger partial charge on any atom is 0.255 e. The minimum absolute atomic E-state index is 0.0222. The van der Waals surface area contributed by atoms with E-state index in [1.165, 1.54) is 12.1 Å². The Morgan fingerprint density at radius 2 is 1.81 bits per heavy atom. The summed E-state index contributed by atoms with van der Waals surface area (Å²) in [6.45, 7) is 0.689. The molecule has 0 N–H and O–H groups in total. The molecule has 21 heavy (non-hydrogen) atoms. The molecule has 1 amide bonds. The summed E-state index contributed by atoms with van der Waals surface area (Å²) >= 11 is 7.54. The lowest BCUT2D eigenvalue weighted by Gasteiger charge is -2.24. The zero-order valence-electron chi connectivity index (χ0n) is 11.1. The maximum absolute atomic E-state index is 13.0. The number of hydrogen-bond acceptors (Lipinski definition) is 2. The van der Waals surface area contributed by atoms with Crippen LogP contribution < -0.4 is 0 Å². The summed E-state index contributed by atoms with van der Waals surface area (Å²) in [5.74, 6) is 0.588. The Labute approximate surface area is 131 Å². The van der Waals surface area contributed by atoms with Gasteiger partial charge in [0, 0.05) is 22.9 Å². The Balaban J connectivity index is 1.85. The Bertz CT molecular complexity index is 644. The molecule has 0 aliphatic carbocycles. The fraction of sp³-hybridized carbons (Fsp3) is 0.188. The van der Waals surface area contributed by atoms with E-state index in [0.717, 1.165) is 11.3 Å². The second-order valence-electron chi connectivity index (χ2n) is 4.78. The number of amides is 1. The molecule has 3 rings (SSSR count). The highest BCUT2D eigenvalue weighted by atomic mass is 35.5. The molecule has 1 saturated heterocycles. The number of hydrogen-bond donors (Lipinski definition) is 0. The van der Waals surface area contributed by atoms with E-state index in [-0.39, 0.29) is 17.1 Å². The Hall–Kier alpha value is -1.52. The van der Waals surface area contributed by atoms with Crippen LogP contribution in [0.4, 0.5) is 4.39 Å². The average molecular weight is 322 g/mol. The maximum atomic E-state index is 13.0. The second kappa shape index (κ2) is 6.08. The van der Waals surface area contributed by atoms with Crippen LogP contribution in [0.5, 0.6) is 0 Å². The molecule has 0 radical (unpaired) electrons. The zero-order valence-corrected chi connectivity index (χ0v) is 12.7. The predicted octanol–water partition coefficient (Wildman–Crippen LogP) is 4.37. The van der Waals surface area contributed by atoms with Crippen LogP contribution in [0.15, 0.2) is 48.5 Å². The Kier molecular flexibility index (Phi) is 4.17. The van der Waals surface area contributed by atoms with Crippen molar-refractivity contribution in [3.8, 4) is 0 Å². The van der Waals surface area contributed by atoms with Gasteiger partial charge in [0.25, 0.3) is 5.91 Å². The number of benzene rings is 2. The Morgan fingerprint density at radius 1 is 1.14 bits per heavy atom. The summed E-state index contributed by atoms with van der Waals surface area (Å²) in [7, 11) is 0. The van der Waals surface area contributed by atoms with Crippen LogP contribution in [0.2, 0.25) is 5.02 Å². The SMILES string of the molecule is O=C(c1ccc(Cl)cc1)N1CCSC1c1ccc(F)cc1. The van der Waals surface area contributed by atoms with E-state index >= 15 is 0 Å². The number of rotatable bonds is 2. The van der Waals surface area contributed by atoms with E-state index in [1.54, 1.807) is 48.2 Å². The summed E-state index contributed by atoms with van der Waals surface area (Å²) < 4.78 is 13.0. The largest absolute Gasteiger partial charge is 0.322 e. The lowest BCUT2D eigenvalue weighted by molar-refractivity contribution is 0.0760. The van der Waals surface area contributed by atoms with Gasteiger partial charge in [0.15, 0.2) is 0 Å². The van der Waals surface area contributed by atoms with Gasteiger partial charge >= 0.3 is 0 Å². The third-order valence-electron chi connectivity index (χ3n) is 3.40. The molecule has 0 spiro atoms. The van der Waals surface area contributed by atoms with Gasteiger partial charge in [-0.3, -0.25) is 4.79 Å². The first-order chi connectivity index (χ1) is 10.1. The summed E-state index contributed by atoms with van der Waals surface area (Å²) in [6, 6.07) is 13.2. The average Bonchev–Trinajstić information content (AvgIpc) is 2.97. The van der Waals surface area contributed by atoms with Gasteiger partial charge in [-0.05, 0) is 42.0 Å². The van der Waals surface area contributed by atoms with Crippen LogP contribution in [0.3, 0.4) is 0 Å². The third-order valence-corrected chi connectivity index (χ3v) is 4.91. The fourth-order valence-corrected chi connectivity index (χ4v) is 3.72. The lowest BCUT2D eigenvalue weighted by Crippen LogP contribution is -2.30. The van der Waals surface area contributed by atoms with Crippen molar-refractivity contribution in [3.63, 3.8) is 0 Å². The van der Waals surface area contributed by atoms with Gasteiger partial charge in [-0.2, -0.15) is 0 Å². The van der Waals surface area contributed by atoms with Crippen molar-refractivity contribution >= 4 is 29.3 Å². The van der Waals surface area contributed by atoms with Crippen molar-refractivity contribution in [2.75, 3.05) is 12.3 Å².